The zero-order valence-electron chi connectivity index (χ0n) is 16.1. The van der Waals surface area contributed by atoms with E-state index < -0.39 is 11.6 Å². The second kappa shape index (κ2) is 8.55. The molecule has 4 aromatic rings. The Morgan fingerprint density at radius 1 is 1.00 bits per heavy atom. The molecule has 0 saturated carbocycles. The smallest absolute Gasteiger partial charge is 0.347 e. The van der Waals surface area contributed by atoms with Gasteiger partial charge in [0.15, 0.2) is 5.75 Å². The molecule has 30 heavy (non-hydrogen) atoms. The Labute approximate surface area is 181 Å². The van der Waals surface area contributed by atoms with Gasteiger partial charge < -0.3 is 13.9 Å². The van der Waals surface area contributed by atoms with E-state index in [1.807, 2.05) is 30.3 Å². The molecule has 0 saturated heterocycles. The van der Waals surface area contributed by atoms with Gasteiger partial charge in [-0.25, -0.2) is 9.59 Å². The molecule has 4 rings (SSSR count). The number of hydrogen-bond donors (Lipinski definition) is 0. The molecule has 0 aliphatic carbocycles. The maximum absolute atomic E-state index is 13.0. The number of para-hydroxylation sites is 1. The molecule has 3 aromatic carbocycles. The van der Waals surface area contributed by atoms with Crippen molar-refractivity contribution >= 4 is 32.9 Å². The number of fused-ring (bicyclic) bond motifs is 1. The van der Waals surface area contributed by atoms with Crippen LogP contribution in [0.15, 0.2) is 86.5 Å². The molecule has 0 bridgehead atoms. The summed E-state index contributed by atoms with van der Waals surface area (Å²) in [5, 5.41) is 0.547. The van der Waals surface area contributed by atoms with Crippen molar-refractivity contribution in [3.8, 4) is 11.5 Å². The van der Waals surface area contributed by atoms with Gasteiger partial charge in [0.1, 0.15) is 16.9 Å². The number of ether oxygens (including phenoxy) is 2. The third-order valence-electron chi connectivity index (χ3n) is 4.65. The monoisotopic (exact) mass is 464 g/mol. The van der Waals surface area contributed by atoms with Gasteiger partial charge in [0.2, 0.25) is 0 Å². The predicted octanol–water partition coefficient (Wildman–Crippen LogP) is 5.37. The van der Waals surface area contributed by atoms with Gasteiger partial charge >= 0.3 is 11.6 Å². The summed E-state index contributed by atoms with van der Waals surface area (Å²) in [6.07, 6.45) is 0.270. The third kappa shape index (κ3) is 4.00. The second-order valence-electron chi connectivity index (χ2n) is 6.59. The highest BCUT2D eigenvalue weighted by Gasteiger charge is 2.22. The van der Waals surface area contributed by atoms with E-state index in [0.29, 0.717) is 21.2 Å². The molecule has 0 atom stereocenters. The number of hydrogen-bond acceptors (Lipinski definition) is 5. The van der Waals surface area contributed by atoms with Gasteiger partial charge in [-0.15, -0.1) is 0 Å². The van der Waals surface area contributed by atoms with Gasteiger partial charge in [-0.3, -0.25) is 0 Å². The highest BCUT2D eigenvalue weighted by molar-refractivity contribution is 9.10. The molecule has 0 N–H and O–H groups in total. The van der Waals surface area contributed by atoms with Crippen LogP contribution in [0.4, 0.5) is 0 Å². The van der Waals surface area contributed by atoms with E-state index >= 15 is 0 Å². The molecule has 0 aliphatic heterocycles. The van der Waals surface area contributed by atoms with Crippen LogP contribution < -0.4 is 15.1 Å². The average molecular weight is 465 g/mol. The van der Waals surface area contributed by atoms with Crippen LogP contribution in [0.25, 0.3) is 11.0 Å². The van der Waals surface area contributed by atoms with E-state index in [-0.39, 0.29) is 23.3 Å². The zero-order valence-corrected chi connectivity index (χ0v) is 17.6. The van der Waals surface area contributed by atoms with Gasteiger partial charge in [-0.05, 0) is 35.9 Å². The first-order chi connectivity index (χ1) is 14.6. The lowest BCUT2D eigenvalue weighted by Crippen LogP contribution is -2.16. The predicted molar refractivity (Wildman–Crippen MR) is 117 cm³/mol. The lowest BCUT2D eigenvalue weighted by Gasteiger charge is -2.13. The minimum absolute atomic E-state index is 0.192. The number of carbonyl (C=O) groups is 1. The van der Waals surface area contributed by atoms with Gasteiger partial charge in [0.05, 0.1) is 18.1 Å². The van der Waals surface area contributed by atoms with Gasteiger partial charge in [0, 0.05) is 10.9 Å². The summed E-state index contributed by atoms with van der Waals surface area (Å²) in [6.45, 7) is 0. The van der Waals surface area contributed by atoms with Crippen LogP contribution in [-0.4, -0.2) is 13.1 Å². The van der Waals surface area contributed by atoms with Crippen molar-refractivity contribution < 1.29 is 18.7 Å². The van der Waals surface area contributed by atoms with Crippen LogP contribution in [0.1, 0.15) is 21.5 Å². The molecule has 1 heterocycles. The number of carbonyl (C=O) groups excluding carboxylic acids is 1. The Balaban J connectivity index is 1.84. The topological polar surface area (TPSA) is 65.7 Å². The Kier molecular flexibility index (Phi) is 5.68. The van der Waals surface area contributed by atoms with Gasteiger partial charge in [-0.1, -0.05) is 58.4 Å². The van der Waals surface area contributed by atoms with E-state index in [0.717, 1.165) is 5.56 Å². The zero-order chi connectivity index (χ0) is 21.1. The minimum Gasteiger partial charge on any atom is -0.496 e. The molecular formula is C24H17BrO5. The van der Waals surface area contributed by atoms with Crippen LogP contribution in [0.5, 0.6) is 11.5 Å². The molecule has 0 unspecified atom stereocenters. The third-order valence-corrected chi connectivity index (χ3v) is 5.15. The Hall–Kier alpha value is -3.38. The number of benzene rings is 3. The fraction of sp³-hybridized carbons (Fsp3) is 0.0833. The molecule has 0 aliphatic rings. The first kappa shape index (κ1) is 19.9. The summed E-state index contributed by atoms with van der Waals surface area (Å²) in [7, 11) is 1.48. The molecule has 0 amide bonds. The molecule has 0 radical (unpaired) electrons. The fourth-order valence-electron chi connectivity index (χ4n) is 3.22. The van der Waals surface area contributed by atoms with Crippen molar-refractivity contribution in [1.82, 2.24) is 0 Å². The summed E-state index contributed by atoms with van der Waals surface area (Å²) in [6, 6.07) is 21.5. The standard InChI is InChI=1S/C24H17BrO5/c1-28-20-12-11-16(25)14-18(20)23(26)30-22-17-9-5-6-10-21(17)29-24(27)19(22)13-15-7-3-2-4-8-15/h2-12,14H,13H2,1H3. The normalized spacial score (nSPS) is 10.7. The summed E-state index contributed by atoms with van der Waals surface area (Å²) in [5.74, 6) is -0.0592. The fourth-order valence-corrected chi connectivity index (χ4v) is 3.58. The van der Waals surface area contributed by atoms with Crippen molar-refractivity contribution in [1.29, 1.82) is 0 Å². The van der Waals surface area contributed by atoms with Crippen molar-refractivity contribution in [3.63, 3.8) is 0 Å². The maximum atomic E-state index is 13.0. The Bertz CT molecular complexity index is 1280. The summed E-state index contributed by atoms with van der Waals surface area (Å²) in [4.78, 5) is 25.8. The number of methoxy groups -OCH3 is 1. The molecule has 150 valence electrons. The Morgan fingerprint density at radius 2 is 1.73 bits per heavy atom. The van der Waals surface area contributed by atoms with Crippen LogP contribution in [0, 0.1) is 0 Å². The van der Waals surface area contributed by atoms with E-state index in [1.54, 1.807) is 42.5 Å². The quantitative estimate of drug-likeness (QED) is 0.293. The van der Waals surface area contributed by atoms with Crippen LogP contribution in [-0.2, 0) is 6.42 Å². The first-order valence-electron chi connectivity index (χ1n) is 9.21. The molecular weight excluding hydrogens is 448 g/mol. The van der Waals surface area contributed by atoms with E-state index in [9.17, 15) is 9.59 Å². The van der Waals surface area contributed by atoms with Crippen molar-refractivity contribution in [2.24, 2.45) is 0 Å². The number of halogens is 1. The Morgan fingerprint density at radius 3 is 2.50 bits per heavy atom. The lowest BCUT2D eigenvalue weighted by atomic mass is 10.0. The molecule has 5 nitrogen and oxygen atoms in total. The average Bonchev–Trinajstić information content (AvgIpc) is 2.76. The minimum atomic E-state index is -0.627. The van der Waals surface area contributed by atoms with E-state index in [1.165, 1.54) is 7.11 Å². The van der Waals surface area contributed by atoms with Gasteiger partial charge in [-0.2, -0.15) is 0 Å². The van der Waals surface area contributed by atoms with Crippen LogP contribution >= 0.6 is 15.9 Å². The molecule has 6 heteroatoms. The molecule has 0 spiro atoms. The van der Waals surface area contributed by atoms with Crippen molar-refractivity contribution in [3.05, 3.63) is 104 Å². The maximum Gasteiger partial charge on any atom is 0.347 e. The first-order valence-corrected chi connectivity index (χ1v) is 10.0. The number of esters is 1. The van der Waals surface area contributed by atoms with E-state index in [4.69, 9.17) is 13.9 Å². The summed E-state index contributed by atoms with van der Waals surface area (Å²) >= 11 is 3.36. The SMILES string of the molecule is COc1ccc(Br)cc1C(=O)Oc1c(Cc2ccccc2)c(=O)oc2ccccc12. The highest BCUT2D eigenvalue weighted by atomic mass is 79.9. The largest absolute Gasteiger partial charge is 0.496 e. The molecule has 1 aromatic heterocycles. The van der Waals surface area contributed by atoms with Crippen LogP contribution in [0.3, 0.4) is 0 Å². The highest BCUT2D eigenvalue weighted by Crippen LogP contribution is 2.31. The number of rotatable bonds is 5. The van der Waals surface area contributed by atoms with E-state index in [2.05, 4.69) is 15.9 Å². The van der Waals surface area contributed by atoms with Crippen molar-refractivity contribution in [2.45, 2.75) is 6.42 Å². The lowest BCUT2D eigenvalue weighted by molar-refractivity contribution is 0.0731. The van der Waals surface area contributed by atoms with Gasteiger partial charge in [0.25, 0.3) is 0 Å². The van der Waals surface area contributed by atoms with Crippen LogP contribution in [0.2, 0.25) is 0 Å². The van der Waals surface area contributed by atoms with Crippen molar-refractivity contribution in [2.75, 3.05) is 7.11 Å². The molecule has 0 fully saturated rings. The summed E-state index contributed by atoms with van der Waals surface area (Å²) < 4.78 is 17.3. The second-order valence-corrected chi connectivity index (χ2v) is 7.51. The summed E-state index contributed by atoms with van der Waals surface area (Å²) in [5.41, 5.74) is 1.24.